The van der Waals surface area contributed by atoms with Crippen molar-refractivity contribution < 1.29 is 9.90 Å². The molecule has 0 rings (SSSR count). The van der Waals surface area contributed by atoms with Crippen LogP contribution in [0.3, 0.4) is 0 Å². The Morgan fingerprint density at radius 3 is 2.13 bits per heavy atom. The lowest BCUT2D eigenvalue weighted by Crippen LogP contribution is -2.27. The summed E-state index contributed by atoms with van der Waals surface area (Å²) in [6.07, 6.45) is 8.68. The van der Waals surface area contributed by atoms with Crippen molar-refractivity contribution in [3.63, 3.8) is 0 Å². The molecule has 0 saturated heterocycles. The lowest BCUT2D eigenvalue weighted by molar-refractivity contribution is -0.144. The van der Waals surface area contributed by atoms with Gasteiger partial charge in [0.15, 0.2) is 0 Å². The fraction of sp³-hybridized carbons (Fsp3) is 0.615. The second kappa shape index (κ2) is 7.27. The van der Waals surface area contributed by atoms with Crippen LogP contribution < -0.4 is 0 Å². The number of rotatable bonds is 6. The number of carbonyl (C=O) groups is 1. The molecule has 0 aliphatic rings. The summed E-state index contributed by atoms with van der Waals surface area (Å²) in [4.78, 5) is 11.2. The van der Waals surface area contributed by atoms with Crippen LogP contribution >= 0.6 is 0 Å². The molecular formula is C13H22O2. The van der Waals surface area contributed by atoms with E-state index in [-0.39, 0.29) is 17.8 Å². The molecule has 0 spiro atoms. The molecule has 0 heterocycles. The van der Waals surface area contributed by atoms with Gasteiger partial charge in [0.1, 0.15) is 0 Å². The Morgan fingerprint density at radius 2 is 1.80 bits per heavy atom. The molecule has 2 heteroatoms. The van der Waals surface area contributed by atoms with Crippen LogP contribution in [0.15, 0.2) is 24.3 Å². The first-order valence-corrected chi connectivity index (χ1v) is 5.56. The van der Waals surface area contributed by atoms with Gasteiger partial charge >= 0.3 is 5.97 Å². The zero-order valence-electron chi connectivity index (χ0n) is 10.1. The standard InChI is InChI=1S/C13H22O2/c1-5-8-10(4)12(13(14)15)11(7-3)9-6-2/h5-6,8-12H,7H2,1-4H3,(H,14,15)/b8-5+,9-6+/t10-,11-,12+/m0/s1. The van der Waals surface area contributed by atoms with E-state index < -0.39 is 5.97 Å². The predicted octanol–water partition coefficient (Wildman–Crippen LogP) is 3.50. The first-order chi connectivity index (χ1) is 7.08. The predicted molar refractivity (Wildman–Crippen MR) is 63.7 cm³/mol. The summed E-state index contributed by atoms with van der Waals surface area (Å²) in [7, 11) is 0. The molecule has 86 valence electrons. The largest absolute Gasteiger partial charge is 0.481 e. The van der Waals surface area contributed by atoms with Gasteiger partial charge in [0.25, 0.3) is 0 Å². The van der Waals surface area contributed by atoms with Crippen LogP contribution in [-0.4, -0.2) is 11.1 Å². The Kier molecular flexibility index (Phi) is 6.76. The molecule has 0 aliphatic heterocycles. The summed E-state index contributed by atoms with van der Waals surface area (Å²) in [5.41, 5.74) is 0. The lowest BCUT2D eigenvalue weighted by atomic mass is 9.80. The number of hydrogen-bond donors (Lipinski definition) is 1. The van der Waals surface area contributed by atoms with Gasteiger partial charge in [0.2, 0.25) is 0 Å². The van der Waals surface area contributed by atoms with Crippen LogP contribution in [-0.2, 0) is 4.79 Å². The molecule has 0 amide bonds. The van der Waals surface area contributed by atoms with Crippen molar-refractivity contribution in [1.29, 1.82) is 0 Å². The maximum atomic E-state index is 11.2. The summed E-state index contributed by atoms with van der Waals surface area (Å²) < 4.78 is 0. The summed E-state index contributed by atoms with van der Waals surface area (Å²) in [5, 5.41) is 9.23. The molecule has 15 heavy (non-hydrogen) atoms. The SMILES string of the molecule is C/C=C/[C@H](CC)[C@H](C(=O)O)[C@@H](C)/C=C/C. The molecule has 3 atom stereocenters. The highest BCUT2D eigenvalue weighted by Crippen LogP contribution is 2.26. The molecule has 0 bridgehead atoms. The number of carboxylic acids is 1. The summed E-state index contributed by atoms with van der Waals surface area (Å²) in [6, 6.07) is 0. The molecule has 0 aliphatic carbocycles. The minimum atomic E-state index is -0.703. The van der Waals surface area contributed by atoms with Gasteiger partial charge in [-0.15, -0.1) is 0 Å². The minimum Gasteiger partial charge on any atom is -0.481 e. The topological polar surface area (TPSA) is 37.3 Å². The normalized spacial score (nSPS) is 18.1. The molecule has 2 nitrogen and oxygen atoms in total. The lowest BCUT2D eigenvalue weighted by Gasteiger charge is -2.23. The molecule has 1 N–H and O–H groups in total. The third kappa shape index (κ3) is 4.32. The first kappa shape index (κ1) is 13.9. The highest BCUT2D eigenvalue weighted by molar-refractivity contribution is 5.71. The van der Waals surface area contributed by atoms with Crippen molar-refractivity contribution in [1.82, 2.24) is 0 Å². The second-order valence-electron chi connectivity index (χ2n) is 3.85. The second-order valence-corrected chi connectivity index (χ2v) is 3.85. The van der Waals surface area contributed by atoms with Gasteiger partial charge < -0.3 is 5.11 Å². The third-order valence-corrected chi connectivity index (χ3v) is 2.72. The van der Waals surface area contributed by atoms with Crippen LogP contribution in [0.5, 0.6) is 0 Å². The Hall–Kier alpha value is -1.05. The fourth-order valence-electron chi connectivity index (χ4n) is 1.98. The van der Waals surface area contributed by atoms with E-state index in [2.05, 4.69) is 0 Å². The summed E-state index contributed by atoms with van der Waals surface area (Å²) >= 11 is 0. The van der Waals surface area contributed by atoms with E-state index in [1.54, 1.807) is 0 Å². The van der Waals surface area contributed by atoms with Crippen LogP contribution in [0, 0.1) is 17.8 Å². The Morgan fingerprint density at radius 1 is 1.27 bits per heavy atom. The van der Waals surface area contributed by atoms with E-state index in [4.69, 9.17) is 0 Å². The zero-order valence-corrected chi connectivity index (χ0v) is 10.1. The molecule has 0 unspecified atom stereocenters. The number of hydrogen-bond acceptors (Lipinski definition) is 1. The third-order valence-electron chi connectivity index (χ3n) is 2.72. The van der Waals surface area contributed by atoms with Gasteiger partial charge in [0, 0.05) is 0 Å². The van der Waals surface area contributed by atoms with Crippen LogP contribution in [0.2, 0.25) is 0 Å². The van der Waals surface area contributed by atoms with E-state index in [0.717, 1.165) is 6.42 Å². The smallest absolute Gasteiger partial charge is 0.307 e. The van der Waals surface area contributed by atoms with Crippen molar-refractivity contribution >= 4 is 5.97 Å². The Bertz CT molecular complexity index is 241. The van der Waals surface area contributed by atoms with Gasteiger partial charge in [0.05, 0.1) is 5.92 Å². The summed E-state index contributed by atoms with van der Waals surface area (Å²) in [5.74, 6) is -0.819. The van der Waals surface area contributed by atoms with Gasteiger partial charge in [-0.1, -0.05) is 38.2 Å². The average molecular weight is 210 g/mol. The highest BCUT2D eigenvalue weighted by Gasteiger charge is 2.28. The maximum Gasteiger partial charge on any atom is 0.307 e. The molecular weight excluding hydrogens is 188 g/mol. The number of carboxylic acid groups (broad SMARTS) is 1. The van der Waals surface area contributed by atoms with Gasteiger partial charge in [-0.25, -0.2) is 0 Å². The van der Waals surface area contributed by atoms with E-state index in [1.165, 1.54) is 0 Å². The monoisotopic (exact) mass is 210 g/mol. The van der Waals surface area contributed by atoms with Gasteiger partial charge in [-0.2, -0.15) is 0 Å². The Labute approximate surface area is 92.7 Å². The quantitative estimate of drug-likeness (QED) is 0.681. The first-order valence-electron chi connectivity index (χ1n) is 5.56. The molecule has 0 aromatic carbocycles. The van der Waals surface area contributed by atoms with Crippen molar-refractivity contribution in [2.24, 2.45) is 17.8 Å². The van der Waals surface area contributed by atoms with E-state index in [1.807, 2.05) is 52.0 Å². The van der Waals surface area contributed by atoms with E-state index >= 15 is 0 Å². The fourth-order valence-corrected chi connectivity index (χ4v) is 1.98. The van der Waals surface area contributed by atoms with Crippen LogP contribution in [0.1, 0.15) is 34.1 Å². The minimum absolute atomic E-state index is 0.0775. The van der Waals surface area contributed by atoms with Gasteiger partial charge in [-0.05, 0) is 32.1 Å². The van der Waals surface area contributed by atoms with Crippen LogP contribution in [0.25, 0.3) is 0 Å². The van der Waals surface area contributed by atoms with Crippen molar-refractivity contribution in [3.8, 4) is 0 Å². The van der Waals surface area contributed by atoms with Crippen LogP contribution in [0.4, 0.5) is 0 Å². The van der Waals surface area contributed by atoms with Crippen molar-refractivity contribution in [2.45, 2.75) is 34.1 Å². The molecule has 0 radical (unpaired) electrons. The number of allylic oxidation sites excluding steroid dienone is 4. The van der Waals surface area contributed by atoms with Crippen molar-refractivity contribution in [2.75, 3.05) is 0 Å². The van der Waals surface area contributed by atoms with E-state index in [0.29, 0.717) is 0 Å². The molecule has 0 aromatic heterocycles. The average Bonchev–Trinajstić information content (AvgIpc) is 2.16. The Balaban J connectivity index is 4.84. The summed E-state index contributed by atoms with van der Waals surface area (Å²) in [6.45, 7) is 7.85. The van der Waals surface area contributed by atoms with E-state index in [9.17, 15) is 9.90 Å². The van der Waals surface area contributed by atoms with Gasteiger partial charge in [-0.3, -0.25) is 4.79 Å². The molecule has 0 aromatic rings. The number of aliphatic carboxylic acids is 1. The molecule has 0 fully saturated rings. The maximum absolute atomic E-state index is 11.2. The van der Waals surface area contributed by atoms with Crippen molar-refractivity contribution in [3.05, 3.63) is 24.3 Å². The highest BCUT2D eigenvalue weighted by atomic mass is 16.4. The zero-order chi connectivity index (χ0) is 11.8. The molecule has 0 saturated carbocycles.